The van der Waals surface area contributed by atoms with Crippen molar-refractivity contribution in [2.75, 3.05) is 27.2 Å². The molecule has 0 unspecified atom stereocenters. The lowest BCUT2D eigenvalue weighted by Crippen LogP contribution is -2.31. The lowest BCUT2D eigenvalue weighted by atomic mass is 10.2. The first kappa shape index (κ1) is 14.5. The Kier molecular flexibility index (Phi) is 6.81. The zero-order chi connectivity index (χ0) is 13.2. The summed E-state index contributed by atoms with van der Waals surface area (Å²) in [6.07, 6.45) is 5.42. The van der Waals surface area contributed by atoms with Crippen LogP contribution in [0.15, 0.2) is 36.4 Å². The van der Waals surface area contributed by atoms with E-state index in [1.807, 2.05) is 56.6 Å². The fourth-order valence-corrected chi connectivity index (χ4v) is 1.51. The van der Waals surface area contributed by atoms with E-state index in [0.717, 1.165) is 13.0 Å². The smallest absolute Gasteiger partial charge is 0.220 e. The van der Waals surface area contributed by atoms with Crippen molar-refractivity contribution in [2.45, 2.75) is 12.8 Å². The number of benzene rings is 1. The molecule has 1 rings (SSSR count). The molecule has 0 aliphatic rings. The highest BCUT2D eigenvalue weighted by atomic mass is 16.1. The molecule has 1 amide bonds. The van der Waals surface area contributed by atoms with Gasteiger partial charge in [-0.3, -0.25) is 4.79 Å². The van der Waals surface area contributed by atoms with E-state index in [1.165, 1.54) is 5.56 Å². The first-order chi connectivity index (χ1) is 8.68. The van der Waals surface area contributed by atoms with Crippen LogP contribution in [0.3, 0.4) is 0 Å². The molecule has 0 spiro atoms. The fraction of sp³-hybridized carbons (Fsp3) is 0.400. The second-order valence-electron chi connectivity index (χ2n) is 4.50. The summed E-state index contributed by atoms with van der Waals surface area (Å²) in [6.45, 7) is 1.60. The molecule has 0 heterocycles. The third-order valence-electron chi connectivity index (χ3n) is 2.53. The molecule has 1 aromatic rings. The first-order valence-electron chi connectivity index (χ1n) is 6.31. The number of nitrogens with zero attached hydrogens (tertiary/aromatic N) is 1. The quantitative estimate of drug-likeness (QED) is 0.799. The van der Waals surface area contributed by atoms with Crippen molar-refractivity contribution in [3.8, 4) is 0 Å². The Morgan fingerprint density at radius 3 is 2.67 bits per heavy atom. The Hall–Kier alpha value is -1.61. The van der Waals surface area contributed by atoms with Crippen LogP contribution >= 0.6 is 0 Å². The Bertz CT molecular complexity index is 371. The molecule has 3 nitrogen and oxygen atoms in total. The lowest BCUT2D eigenvalue weighted by Gasteiger charge is -2.09. The van der Waals surface area contributed by atoms with Gasteiger partial charge in [0.25, 0.3) is 0 Å². The van der Waals surface area contributed by atoms with Gasteiger partial charge in [-0.2, -0.15) is 0 Å². The van der Waals surface area contributed by atoms with Crippen molar-refractivity contribution in [2.24, 2.45) is 0 Å². The number of likely N-dealkylation sites (N-methyl/N-ethyl adjacent to an activating group) is 1. The number of hydrogen-bond donors (Lipinski definition) is 1. The SMILES string of the molecule is CN(C)CCNC(=O)CC/C=C/c1ccccc1. The second-order valence-corrected chi connectivity index (χ2v) is 4.50. The van der Waals surface area contributed by atoms with Crippen LogP contribution in [0.5, 0.6) is 0 Å². The highest BCUT2D eigenvalue weighted by Crippen LogP contribution is 2.02. The monoisotopic (exact) mass is 246 g/mol. The third-order valence-corrected chi connectivity index (χ3v) is 2.53. The van der Waals surface area contributed by atoms with Gasteiger partial charge in [-0.05, 0) is 26.1 Å². The summed E-state index contributed by atoms with van der Waals surface area (Å²) in [5.41, 5.74) is 1.17. The summed E-state index contributed by atoms with van der Waals surface area (Å²) >= 11 is 0. The average molecular weight is 246 g/mol. The molecule has 1 aromatic carbocycles. The van der Waals surface area contributed by atoms with Gasteiger partial charge in [0.15, 0.2) is 0 Å². The summed E-state index contributed by atoms with van der Waals surface area (Å²) in [5, 5.41) is 2.90. The number of carbonyl (C=O) groups excluding carboxylic acids is 1. The number of hydrogen-bond acceptors (Lipinski definition) is 2. The molecule has 0 aliphatic carbocycles. The van der Waals surface area contributed by atoms with Crippen molar-refractivity contribution < 1.29 is 4.79 Å². The van der Waals surface area contributed by atoms with Crippen LogP contribution in [-0.4, -0.2) is 38.0 Å². The van der Waals surface area contributed by atoms with Gasteiger partial charge in [0, 0.05) is 19.5 Å². The molecule has 98 valence electrons. The fourth-order valence-electron chi connectivity index (χ4n) is 1.51. The minimum atomic E-state index is 0.120. The predicted octanol–water partition coefficient (Wildman–Crippen LogP) is 2.16. The molecule has 0 aliphatic heterocycles. The molecular weight excluding hydrogens is 224 g/mol. The van der Waals surface area contributed by atoms with Crippen LogP contribution in [0, 0.1) is 0 Å². The maximum Gasteiger partial charge on any atom is 0.220 e. The molecule has 0 bridgehead atoms. The molecule has 0 saturated carbocycles. The summed E-state index contributed by atoms with van der Waals surface area (Å²) in [7, 11) is 3.99. The van der Waals surface area contributed by atoms with E-state index in [1.54, 1.807) is 0 Å². The molecule has 18 heavy (non-hydrogen) atoms. The van der Waals surface area contributed by atoms with Crippen LogP contribution < -0.4 is 5.32 Å². The summed E-state index contributed by atoms with van der Waals surface area (Å²) in [6, 6.07) is 10.1. The van der Waals surface area contributed by atoms with Gasteiger partial charge in [-0.15, -0.1) is 0 Å². The molecule has 0 radical (unpaired) electrons. The molecule has 0 aromatic heterocycles. The van der Waals surface area contributed by atoms with Crippen LogP contribution in [0.4, 0.5) is 0 Å². The second kappa shape index (κ2) is 8.48. The van der Waals surface area contributed by atoms with Gasteiger partial charge >= 0.3 is 0 Å². The topological polar surface area (TPSA) is 32.3 Å². The number of rotatable bonds is 7. The lowest BCUT2D eigenvalue weighted by molar-refractivity contribution is -0.121. The van der Waals surface area contributed by atoms with E-state index in [4.69, 9.17) is 0 Å². The van der Waals surface area contributed by atoms with Crippen molar-refractivity contribution in [1.82, 2.24) is 10.2 Å². The largest absolute Gasteiger partial charge is 0.355 e. The van der Waals surface area contributed by atoms with Gasteiger partial charge in [-0.25, -0.2) is 0 Å². The highest BCUT2D eigenvalue weighted by Gasteiger charge is 1.98. The van der Waals surface area contributed by atoms with Crippen LogP contribution in [-0.2, 0) is 4.79 Å². The van der Waals surface area contributed by atoms with Crippen molar-refractivity contribution in [1.29, 1.82) is 0 Å². The summed E-state index contributed by atoms with van der Waals surface area (Å²) < 4.78 is 0. The number of amides is 1. The number of carbonyl (C=O) groups is 1. The van der Waals surface area contributed by atoms with E-state index in [-0.39, 0.29) is 5.91 Å². The van der Waals surface area contributed by atoms with E-state index in [0.29, 0.717) is 13.0 Å². The normalized spacial score (nSPS) is 11.1. The van der Waals surface area contributed by atoms with Crippen LogP contribution in [0.25, 0.3) is 6.08 Å². The zero-order valence-electron chi connectivity index (χ0n) is 11.2. The average Bonchev–Trinajstić information content (AvgIpc) is 2.35. The molecular formula is C15H22N2O. The van der Waals surface area contributed by atoms with E-state index < -0.39 is 0 Å². The first-order valence-corrected chi connectivity index (χ1v) is 6.31. The Morgan fingerprint density at radius 2 is 2.00 bits per heavy atom. The zero-order valence-corrected chi connectivity index (χ0v) is 11.2. The molecule has 3 heteroatoms. The van der Waals surface area contributed by atoms with Crippen molar-refractivity contribution in [3.63, 3.8) is 0 Å². The van der Waals surface area contributed by atoms with E-state index >= 15 is 0 Å². The molecule has 1 N–H and O–H groups in total. The minimum absolute atomic E-state index is 0.120. The minimum Gasteiger partial charge on any atom is -0.355 e. The number of nitrogens with one attached hydrogen (secondary N) is 1. The Labute approximate surface area is 109 Å². The predicted molar refractivity (Wildman–Crippen MR) is 76.3 cm³/mol. The van der Waals surface area contributed by atoms with Gasteiger partial charge < -0.3 is 10.2 Å². The maximum atomic E-state index is 11.5. The van der Waals surface area contributed by atoms with Crippen molar-refractivity contribution in [3.05, 3.63) is 42.0 Å². The Balaban J connectivity index is 2.14. The van der Waals surface area contributed by atoms with Gasteiger partial charge in [-0.1, -0.05) is 42.5 Å². The standard InChI is InChI=1S/C15H22N2O/c1-17(2)13-12-16-15(18)11-7-6-10-14-8-4-3-5-9-14/h3-6,8-10H,7,11-13H2,1-2H3,(H,16,18)/b10-6+. The van der Waals surface area contributed by atoms with E-state index in [2.05, 4.69) is 10.2 Å². The van der Waals surface area contributed by atoms with Crippen LogP contribution in [0.2, 0.25) is 0 Å². The van der Waals surface area contributed by atoms with Gasteiger partial charge in [0.05, 0.1) is 0 Å². The van der Waals surface area contributed by atoms with Crippen molar-refractivity contribution >= 4 is 12.0 Å². The molecule has 0 saturated heterocycles. The number of allylic oxidation sites excluding steroid dienone is 1. The Morgan fingerprint density at radius 1 is 1.28 bits per heavy atom. The summed E-state index contributed by atoms with van der Waals surface area (Å²) in [4.78, 5) is 13.5. The summed E-state index contributed by atoms with van der Waals surface area (Å²) in [5.74, 6) is 0.120. The van der Waals surface area contributed by atoms with Gasteiger partial charge in [0.1, 0.15) is 0 Å². The van der Waals surface area contributed by atoms with Crippen LogP contribution in [0.1, 0.15) is 18.4 Å². The van der Waals surface area contributed by atoms with E-state index in [9.17, 15) is 4.79 Å². The third kappa shape index (κ3) is 6.86. The maximum absolute atomic E-state index is 11.5. The molecule has 0 fully saturated rings. The molecule has 0 atom stereocenters. The highest BCUT2D eigenvalue weighted by molar-refractivity contribution is 5.76. The van der Waals surface area contributed by atoms with Gasteiger partial charge in [0.2, 0.25) is 5.91 Å².